The summed E-state index contributed by atoms with van der Waals surface area (Å²) in [6.45, 7) is 15.8. The molecule has 41 heavy (non-hydrogen) atoms. The number of aromatic nitrogens is 1. The molecule has 0 fully saturated rings. The summed E-state index contributed by atoms with van der Waals surface area (Å²) in [5, 5.41) is 6.14. The molecule has 13 heteroatoms. The normalized spacial score (nSPS) is 14.5. The highest BCUT2D eigenvalue weighted by Crippen LogP contribution is 2.36. The fourth-order valence-corrected chi connectivity index (χ4v) is 8.43. The van der Waals surface area contributed by atoms with E-state index in [1.54, 1.807) is 5.38 Å². The van der Waals surface area contributed by atoms with Crippen LogP contribution in [0.1, 0.15) is 103 Å². The molecular formula is C28H49N5O6SSi. The topological polar surface area (TPSA) is 144 Å². The monoisotopic (exact) mass is 611 g/mol. The number of esters is 2. The largest absolute Gasteiger partial charge is 0.464 e. The van der Waals surface area contributed by atoms with Crippen LogP contribution in [0, 0.1) is 11.8 Å². The summed E-state index contributed by atoms with van der Waals surface area (Å²) in [7, 11) is -0.850. The third kappa shape index (κ3) is 10.4. The van der Waals surface area contributed by atoms with Crippen molar-refractivity contribution in [3.05, 3.63) is 26.5 Å². The molecule has 11 nitrogen and oxygen atoms in total. The first-order chi connectivity index (χ1) is 19.5. The lowest BCUT2D eigenvalue weighted by atomic mass is 9.93. The third-order valence-electron chi connectivity index (χ3n) is 7.86. The Hall–Kier alpha value is -2.47. The Morgan fingerprint density at radius 1 is 1.12 bits per heavy atom. The van der Waals surface area contributed by atoms with Gasteiger partial charge in [0.25, 0.3) is 0 Å². The van der Waals surface area contributed by atoms with Gasteiger partial charge in [0, 0.05) is 22.8 Å². The van der Waals surface area contributed by atoms with Crippen LogP contribution >= 0.6 is 11.3 Å². The Morgan fingerprint density at radius 2 is 1.76 bits per heavy atom. The first-order valence-electron chi connectivity index (χ1n) is 14.7. The predicted octanol–water partition coefficient (Wildman–Crippen LogP) is 7.26. The number of nitrogens with zero attached hydrogens (tertiary/aromatic N) is 5. The number of ether oxygens (including phenoxy) is 2. The van der Waals surface area contributed by atoms with E-state index in [1.165, 1.54) is 23.3 Å². The summed E-state index contributed by atoms with van der Waals surface area (Å²) >= 11 is 1.33. The fourth-order valence-electron chi connectivity index (χ4n) is 4.71. The second kappa shape index (κ2) is 18.1. The summed E-state index contributed by atoms with van der Waals surface area (Å²) in [4.78, 5) is 47.7. The lowest BCUT2D eigenvalue weighted by Gasteiger charge is -2.40. The second-order valence-electron chi connectivity index (χ2n) is 10.7. The van der Waals surface area contributed by atoms with Gasteiger partial charge in [-0.15, -0.1) is 11.3 Å². The van der Waals surface area contributed by atoms with Crippen LogP contribution in [0.2, 0.25) is 18.1 Å². The molecule has 0 aliphatic rings. The first-order valence-corrected chi connectivity index (χ1v) is 18.1. The SMILES string of the molecule is CCCC(=O)OCN(C(=O)C(N=[N+]=[N-])[C@@H](C)CC)[C@H](C[C@@H](O[Si](CC)(CC)CC)c1nc(C(=O)OC)cs1)C(C)C. The molecule has 0 N–H and O–H groups in total. The van der Waals surface area contributed by atoms with Crippen molar-refractivity contribution in [1.29, 1.82) is 0 Å². The molecule has 1 heterocycles. The van der Waals surface area contributed by atoms with E-state index in [2.05, 4.69) is 35.8 Å². The van der Waals surface area contributed by atoms with Crippen LogP contribution in [-0.4, -0.2) is 62.0 Å². The molecule has 0 aliphatic heterocycles. The summed E-state index contributed by atoms with van der Waals surface area (Å²) in [5.74, 6) is -1.60. The van der Waals surface area contributed by atoms with Gasteiger partial charge in [0.15, 0.2) is 20.7 Å². The van der Waals surface area contributed by atoms with E-state index >= 15 is 0 Å². The summed E-state index contributed by atoms with van der Waals surface area (Å²) in [6.07, 6.45) is 1.35. The smallest absolute Gasteiger partial charge is 0.357 e. The number of carbonyl (C=O) groups is 3. The molecule has 4 atom stereocenters. The minimum Gasteiger partial charge on any atom is -0.464 e. The van der Waals surface area contributed by atoms with Gasteiger partial charge in [0.1, 0.15) is 11.0 Å². The molecular weight excluding hydrogens is 562 g/mol. The lowest BCUT2D eigenvalue weighted by Crippen LogP contribution is -2.51. The first kappa shape index (κ1) is 36.6. The van der Waals surface area contributed by atoms with Crippen LogP contribution in [0.3, 0.4) is 0 Å². The van der Waals surface area contributed by atoms with Crippen LogP contribution in [0.5, 0.6) is 0 Å². The number of thiazole rings is 1. The van der Waals surface area contributed by atoms with Crippen molar-refractivity contribution in [2.45, 2.75) is 117 Å². The highest BCUT2D eigenvalue weighted by Gasteiger charge is 2.39. The number of hydrogen-bond donors (Lipinski definition) is 0. The maximum absolute atomic E-state index is 14.0. The number of hydrogen-bond acceptors (Lipinski definition) is 9. The van der Waals surface area contributed by atoms with Crippen molar-refractivity contribution in [2.24, 2.45) is 17.0 Å². The quantitative estimate of drug-likeness (QED) is 0.0400. The maximum Gasteiger partial charge on any atom is 0.357 e. The van der Waals surface area contributed by atoms with Gasteiger partial charge >= 0.3 is 11.9 Å². The van der Waals surface area contributed by atoms with E-state index in [0.717, 1.165) is 18.1 Å². The van der Waals surface area contributed by atoms with Gasteiger partial charge in [-0.1, -0.05) is 66.9 Å². The van der Waals surface area contributed by atoms with E-state index < -0.39 is 44.4 Å². The Bertz CT molecular complexity index is 1020. The van der Waals surface area contributed by atoms with Gasteiger partial charge < -0.3 is 18.8 Å². The fraction of sp³-hybridized carbons (Fsp3) is 0.786. The maximum atomic E-state index is 14.0. The minimum absolute atomic E-state index is 0.0699. The molecule has 1 unspecified atom stereocenters. The Kier molecular flexibility index (Phi) is 16.2. The summed E-state index contributed by atoms with van der Waals surface area (Å²) in [6, 6.07) is 1.33. The van der Waals surface area contributed by atoms with Gasteiger partial charge in [-0.05, 0) is 48.3 Å². The van der Waals surface area contributed by atoms with Crippen LogP contribution in [0.25, 0.3) is 10.4 Å². The number of amides is 1. The Balaban J connectivity index is 3.65. The molecule has 1 rings (SSSR count). The second-order valence-corrected chi connectivity index (χ2v) is 16.3. The third-order valence-corrected chi connectivity index (χ3v) is 13.4. The molecule has 1 aromatic rings. The average Bonchev–Trinajstić information content (AvgIpc) is 3.46. The molecule has 0 radical (unpaired) electrons. The van der Waals surface area contributed by atoms with E-state index in [1.807, 2.05) is 34.6 Å². The zero-order chi connectivity index (χ0) is 31.2. The molecule has 232 valence electrons. The van der Waals surface area contributed by atoms with E-state index in [0.29, 0.717) is 24.3 Å². The zero-order valence-corrected chi connectivity index (χ0v) is 28.0. The van der Waals surface area contributed by atoms with Crippen molar-refractivity contribution in [2.75, 3.05) is 13.8 Å². The van der Waals surface area contributed by atoms with Crippen LogP contribution < -0.4 is 0 Å². The van der Waals surface area contributed by atoms with Gasteiger partial charge in [-0.3, -0.25) is 9.59 Å². The summed E-state index contributed by atoms with van der Waals surface area (Å²) in [5.41, 5.74) is 9.47. The molecule has 0 aliphatic carbocycles. The highest BCUT2D eigenvalue weighted by molar-refractivity contribution is 7.09. The molecule has 0 aromatic carbocycles. The molecule has 1 amide bonds. The zero-order valence-electron chi connectivity index (χ0n) is 26.2. The minimum atomic E-state index is -2.16. The predicted molar refractivity (Wildman–Crippen MR) is 163 cm³/mol. The molecule has 0 saturated heterocycles. The van der Waals surface area contributed by atoms with Crippen molar-refractivity contribution in [1.82, 2.24) is 9.88 Å². The van der Waals surface area contributed by atoms with Crippen molar-refractivity contribution in [3.63, 3.8) is 0 Å². The highest BCUT2D eigenvalue weighted by atomic mass is 32.1. The molecule has 0 bridgehead atoms. The number of rotatable bonds is 19. The van der Waals surface area contributed by atoms with E-state index in [-0.39, 0.29) is 30.7 Å². The number of carbonyl (C=O) groups excluding carboxylic acids is 3. The van der Waals surface area contributed by atoms with Crippen LogP contribution in [-0.2, 0) is 23.5 Å². The Morgan fingerprint density at radius 3 is 2.24 bits per heavy atom. The Labute approximate surface area is 250 Å². The standard InChI is InChI=1S/C28H49N5O6SSi/c1-10-15-24(34)38-18-33(27(35)25(31-32-29)20(8)11-2)22(19(6)7)16-23(39-41(12-3,13-4)14-5)26-30-21(17-40-26)28(36)37-9/h17,19-20,22-23,25H,10-16,18H2,1-9H3/t20-,22+,23+,25?/m0/s1. The van der Waals surface area contributed by atoms with Crippen molar-refractivity contribution < 1.29 is 28.3 Å². The lowest BCUT2D eigenvalue weighted by molar-refractivity contribution is -0.158. The molecule has 1 aromatic heterocycles. The average molecular weight is 612 g/mol. The van der Waals surface area contributed by atoms with E-state index in [4.69, 9.17) is 13.9 Å². The summed E-state index contributed by atoms with van der Waals surface area (Å²) < 4.78 is 17.4. The van der Waals surface area contributed by atoms with Crippen molar-refractivity contribution in [3.8, 4) is 0 Å². The van der Waals surface area contributed by atoms with Gasteiger partial charge in [0.2, 0.25) is 5.91 Å². The van der Waals surface area contributed by atoms with Gasteiger partial charge in [0.05, 0.1) is 13.2 Å². The van der Waals surface area contributed by atoms with Crippen LogP contribution in [0.4, 0.5) is 0 Å². The van der Waals surface area contributed by atoms with Gasteiger partial charge in [-0.25, -0.2) is 9.78 Å². The van der Waals surface area contributed by atoms with E-state index in [9.17, 15) is 19.9 Å². The van der Waals surface area contributed by atoms with Gasteiger partial charge in [-0.2, -0.15) is 0 Å². The van der Waals surface area contributed by atoms with Crippen molar-refractivity contribution >= 4 is 37.5 Å². The number of methoxy groups -OCH3 is 1. The van der Waals surface area contributed by atoms with Crippen LogP contribution in [0.15, 0.2) is 10.5 Å². The number of azide groups is 1. The molecule has 0 spiro atoms. The molecule has 0 saturated carbocycles.